The summed E-state index contributed by atoms with van der Waals surface area (Å²) in [4.78, 5) is 0. The van der Waals surface area contributed by atoms with Crippen LogP contribution in [0.15, 0.2) is 71.8 Å². The van der Waals surface area contributed by atoms with E-state index in [4.69, 9.17) is 0 Å². The lowest BCUT2D eigenvalue weighted by atomic mass is 9.85. The molecule has 2 bridgehead atoms. The summed E-state index contributed by atoms with van der Waals surface area (Å²) in [7, 11) is 0. The van der Waals surface area contributed by atoms with Gasteiger partial charge >= 0.3 is 0 Å². The van der Waals surface area contributed by atoms with Gasteiger partial charge in [-0.25, -0.2) is 0 Å². The Morgan fingerprint density at radius 1 is 0.619 bits per heavy atom. The highest BCUT2D eigenvalue weighted by Crippen LogP contribution is 2.50. The monoisotopic (exact) mass is 274 g/mol. The number of allylic oxidation sites excluding steroid dienone is 2. The number of rotatable bonds is 4. The summed E-state index contributed by atoms with van der Waals surface area (Å²) in [5, 5.41) is 0. The highest BCUT2D eigenvalue weighted by Gasteiger charge is 2.38. The molecule has 106 valence electrons. The predicted molar refractivity (Wildman–Crippen MR) is 88.1 cm³/mol. The van der Waals surface area contributed by atoms with E-state index in [1.54, 1.807) is 11.1 Å². The van der Waals surface area contributed by atoms with Gasteiger partial charge in [0, 0.05) is 0 Å². The molecule has 21 heavy (non-hydrogen) atoms. The molecular formula is C21H22. The van der Waals surface area contributed by atoms with Crippen molar-refractivity contribution in [2.75, 3.05) is 0 Å². The zero-order valence-electron chi connectivity index (χ0n) is 12.5. The maximum Gasteiger partial charge on any atom is -0.00614 e. The summed E-state index contributed by atoms with van der Waals surface area (Å²) in [6.07, 6.45) is 6.61. The van der Waals surface area contributed by atoms with E-state index < -0.39 is 0 Å². The van der Waals surface area contributed by atoms with E-state index in [-0.39, 0.29) is 0 Å². The van der Waals surface area contributed by atoms with Crippen LogP contribution < -0.4 is 0 Å². The Balaban J connectivity index is 1.64. The van der Waals surface area contributed by atoms with Crippen molar-refractivity contribution < 1.29 is 0 Å². The van der Waals surface area contributed by atoms with Crippen LogP contribution in [0.1, 0.15) is 30.4 Å². The fraction of sp³-hybridized carbons (Fsp3) is 0.333. The van der Waals surface area contributed by atoms with Crippen LogP contribution in [0.2, 0.25) is 0 Å². The first-order valence-corrected chi connectivity index (χ1v) is 8.20. The first kappa shape index (κ1) is 12.9. The van der Waals surface area contributed by atoms with Crippen LogP contribution in [-0.2, 0) is 12.8 Å². The van der Waals surface area contributed by atoms with Gasteiger partial charge in [-0.05, 0) is 55.1 Å². The van der Waals surface area contributed by atoms with Crippen molar-refractivity contribution in [3.63, 3.8) is 0 Å². The molecular weight excluding hydrogens is 252 g/mol. The second kappa shape index (κ2) is 5.52. The summed E-state index contributed by atoms with van der Waals surface area (Å²) in [5.74, 6) is 1.74. The van der Waals surface area contributed by atoms with E-state index in [9.17, 15) is 0 Å². The van der Waals surface area contributed by atoms with Crippen molar-refractivity contribution in [2.24, 2.45) is 11.8 Å². The lowest BCUT2D eigenvalue weighted by Crippen LogP contribution is -2.08. The zero-order chi connectivity index (χ0) is 14.1. The van der Waals surface area contributed by atoms with Crippen LogP contribution in [0.25, 0.3) is 0 Å². The Kier molecular flexibility index (Phi) is 3.39. The topological polar surface area (TPSA) is 0 Å². The molecule has 0 spiro atoms. The lowest BCUT2D eigenvalue weighted by Gasteiger charge is -2.20. The molecule has 2 atom stereocenters. The lowest BCUT2D eigenvalue weighted by molar-refractivity contribution is 0.624. The Hall–Kier alpha value is -1.82. The Morgan fingerprint density at radius 2 is 1.05 bits per heavy atom. The van der Waals surface area contributed by atoms with Gasteiger partial charge in [0.2, 0.25) is 0 Å². The fourth-order valence-electron chi connectivity index (χ4n) is 4.29. The number of hydrogen-bond acceptors (Lipinski definition) is 0. The maximum absolute atomic E-state index is 2.28. The third kappa shape index (κ3) is 2.55. The largest absolute Gasteiger partial charge is 0.0629 e. The Bertz CT molecular complexity index is 579. The summed E-state index contributed by atoms with van der Waals surface area (Å²) in [6, 6.07) is 22.0. The van der Waals surface area contributed by atoms with Gasteiger partial charge in [0.15, 0.2) is 0 Å². The number of fused-ring (bicyclic) bond motifs is 2. The van der Waals surface area contributed by atoms with E-state index in [2.05, 4.69) is 60.7 Å². The van der Waals surface area contributed by atoms with E-state index in [0.717, 1.165) is 11.8 Å². The minimum atomic E-state index is 0.869. The summed E-state index contributed by atoms with van der Waals surface area (Å²) < 4.78 is 0. The van der Waals surface area contributed by atoms with Crippen molar-refractivity contribution in [3.8, 4) is 0 Å². The molecule has 1 fully saturated rings. The highest BCUT2D eigenvalue weighted by molar-refractivity contribution is 5.37. The van der Waals surface area contributed by atoms with E-state index in [1.165, 1.54) is 43.2 Å². The molecule has 4 rings (SSSR count). The molecule has 0 saturated heterocycles. The summed E-state index contributed by atoms with van der Waals surface area (Å²) in [5.41, 5.74) is 6.49. The smallest absolute Gasteiger partial charge is 0.00614 e. The van der Waals surface area contributed by atoms with Crippen LogP contribution in [0, 0.1) is 11.8 Å². The van der Waals surface area contributed by atoms with Gasteiger partial charge in [-0.3, -0.25) is 0 Å². The van der Waals surface area contributed by atoms with Gasteiger partial charge in [-0.15, -0.1) is 0 Å². The maximum atomic E-state index is 2.28. The molecule has 0 N–H and O–H groups in total. The van der Waals surface area contributed by atoms with Gasteiger partial charge in [0.25, 0.3) is 0 Å². The molecule has 2 aromatic carbocycles. The first-order chi connectivity index (χ1) is 10.4. The summed E-state index contributed by atoms with van der Waals surface area (Å²) in [6.45, 7) is 0. The molecule has 0 heterocycles. The van der Waals surface area contributed by atoms with Crippen molar-refractivity contribution in [2.45, 2.75) is 32.1 Å². The van der Waals surface area contributed by atoms with Crippen molar-refractivity contribution in [1.29, 1.82) is 0 Å². The van der Waals surface area contributed by atoms with E-state index in [1.807, 2.05) is 0 Å². The van der Waals surface area contributed by atoms with Crippen molar-refractivity contribution in [3.05, 3.63) is 82.9 Å². The Labute approximate surface area is 127 Å². The van der Waals surface area contributed by atoms with E-state index >= 15 is 0 Å². The van der Waals surface area contributed by atoms with Gasteiger partial charge in [0.05, 0.1) is 0 Å². The molecule has 0 aromatic heterocycles. The molecule has 0 amide bonds. The van der Waals surface area contributed by atoms with Gasteiger partial charge < -0.3 is 0 Å². The highest BCUT2D eigenvalue weighted by atomic mass is 14.4. The molecule has 2 aromatic rings. The molecule has 0 nitrogen and oxygen atoms in total. The SMILES string of the molecule is c1ccc(CC2=C(Cc3ccccc3)C3CCC2C3)cc1. The normalized spacial score (nSPS) is 23.8. The third-order valence-electron chi connectivity index (χ3n) is 5.31. The zero-order valence-corrected chi connectivity index (χ0v) is 12.5. The molecule has 0 aliphatic heterocycles. The molecule has 1 saturated carbocycles. The van der Waals surface area contributed by atoms with Gasteiger partial charge in [-0.2, -0.15) is 0 Å². The van der Waals surface area contributed by atoms with E-state index in [0.29, 0.717) is 0 Å². The van der Waals surface area contributed by atoms with Crippen LogP contribution >= 0.6 is 0 Å². The predicted octanol–water partition coefficient (Wildman–Crippen LogP) is 5.20. The van der Waals surface area contributed by atoms with Crippen LogP contribution in [0.4, 0.5) is 0 Å². The molecule has 2 aliphatic carbocycles. The first-order valence-electron chi connectivity index (χ1n) is 8.20. The number of hydrogen-bond donors (Lipinski definition) is 0. The molecule has 2 unspecified atom stereocenters. The van der Waals surface area contributed by atoms with Gasteiger partial charge in [-0.1, -0.05) is 71.8 Å². The average molecular weight is 274 g/mol. The number of benzene rings is 2. The average Bonchev–Trinajstić information content (AvgIpc) is 3.13. The third-order valence-corrected chi connectivity index (χ3v) is 5.31. The quantitative estimate of drug-likeness (QED) is 0.672. The second-order valence-corrected chi connectivity index (χ2v) is 6.58. The van der Waals surface area contributed by atoms with Crippen molar-refractivity contribution >= 4 is 0 Å². The van der Waals surface area contributed by atoms with Crippen LogP contribution in [-0.4, -0.2) is 0 Å². The molecule has 2 aliphatic rings. The Morgan fingerprint density at radius 3 is 1.48 bits per heavy atom. The second-order valence-electron chi connectivity index (χ2n) is 6.58. The minimum absolute atomic E-state index is 0.869. The molecule has 0 heteroatoms. The minimum Gasteiger partial charge on any atom is -0.0629 e. The fourth-order valence-corrected chi connectivity index (χ4v) is 4.29. The molecule has 0 radical (unpaired) electrons. The van der Waals surface area contributed by atoms with Crippen molar-refractivity contribution in [1.82, 2.24) is 0 Å². The van der Waals surface area contributed by atoms with Gasteiger partial charge in [0.1, 0.15) is 0 Å². The van der Waals surface area contributed by atoms with Crippen LogP contribution in [0.3, 0.4) is 0 Å². The summed E-state index contributed by atoms with van der Waals surface area (Å²) >= 11 is 0. The van der Waals surface area contributed by atoms with Crippen LogP contribution in [0.5, 0.6) is 0 Å². The standard InChI is InChI=1S/C21H22/c1-3-7-16(8-4-1)13-20-18-11-12-19(15-18)21(20)14-17-9-5-2-6-10-17/h1-10,18-19H,11-15H2.